The molecule has 7 nitrogen and oxygen atoms in total. The molecular formula is C18H26N4O3S. The summed E-state index contributed by atoms with van der Waals surface area (Å²) in [5.74, 6) is 1.25. The molecule has 1 aliphatic carbocycles. The summed E-state index contributed by atoms with van der Waals surface area (Å²) in [5.41, 5.74) is 0.512. The van der Waals surface area contributed by atoms with E-state index in [1.807, 2.05) is 5.32 Å². The normalized spacial score (nSPS) is 23.5. The molecule has 1 aromatic heterocycles. The van der Waals surface area contributed by atoms with Gasteiger partial charge in [0.1, 0.15) is 5.84 Å². The van der Waals surface area contributed by atoms with Gasteiger partial charge in [-0.2, -0.15) is 0 Å². The second-order valence-electron chi connectivity index (χ2n) is 7.18. The number of hydrogen-bond donors (Lipinski definition) is 5. The smallest absolute Gasteiger partial charge is 0.410 e. The lowest BCUT2D eigenvalue weighted by Gasteiger charge is -2.26. The molecule has 1 aliphatic heterocycles. The predicted octanol–water partition coefficient (Wildman–Crippen LogP) is 2.52. The summed E-state index contributed by atoms with van der Waals surface area (Å²) in [6, 6.07) is 1.61. The average molecular weight is 378 g/mol. The maximum atomic E-state index is 12.4. The fourth-order valence-corrected chi connectivity index (χ4v) is 4.82. The maximum absolute atomic E-state index is 12.4. The van der Waals surface area contributed by atoms with E-state index in [9.17, 15) is 9.59 Å². The van der Waals surface area contributed by atoms with Crippen molar-refractivity contribution in [1.82, 2.24) is 16.0 Å². The molecule has 2 fully saturated rings. The molecule has 2 amide bonds. The third kappa shape index (κ3) is 4.82. The Morgan fingerprint density at radius 1 is 1.27 bits per heavy atom. The summed E-state index contributed by atoms with van der Waals surface area (Å²) in [6.07, 6.45) is 6.26. The van der Waals surface area contributed by atoms with Crippen LogP contribution < -0.4 is 16.0 Å². The molecule has 1 aromatic rings. The van der Waals surface area contributed by atoms with Crippen LogP contribution in [-0.4, -0.2) is 35.5 Å². The van der Waals surface area contributed by atoms with Crippen molar-refractivity contribution in [2.45, 2.75) is 51.1 Å². The molecule has 2 heterocycles. The van der Waals surface area contributed by atoms with Crippen LogP contribution in [0.3, 0.4) is 0 Å². The lowest BCUT2D eigenvalue weighted by molar-refractivity contribution is -0.123. The third-order valence-electron chi connectivity index (χ3n) is 5.41. The van der Waals surface area contributed by atoms with Crippen LogP contribution in [0.15, 0.2) is 11.4 Å². The summed E-state index contributed by atoms with van der Waals surface area (Å²) >= 11 is 1.40. The molecule has 0 spiro atoms. The summed E-state index contributed by atoms with van der Waals surface area (Å²) in [6.45, 7) is 1.33. The van der Waals surface area contributed by atoms with Crippen LogP contribution in [0.2, 0.25) is 0 Å². The molecule has 8 heteroatoms. The number of amides is 2. The van der Waals surface area contributed by atoms with Gasteiger partial charge >= 0.3 is 6.09 Å². The second-order valence-corrected chi connectivity index (χ2v) is 8.18. The molecule has 2 atom stereocenters. The SMILES string of the molecule is N=C(NC(=O)O)c1csc(CNC(=O)[C@@H]2C[C@H](C3CCCCC3)CN2)c1. The van der Waals surface area contributed by atoms with E-state index in [0.717, 1.165) is 23.8 Å². The highest BCUT2D eigenvalue weighted by molar-refractivity contribution is 7.10. The Kier molecular flexibility index (Phi) is 6.26. The van der Waals surface area contributed by atoms with Gasteiger partial charge in [-0.15, -0.1) is 11.3 Å². The highest BCUT2D eigenvalue weighted by Gasteiger charge is 2.34. The Morgan fingerprint density at radius 3 is 2.77 bits per heavy atom. The van der Waals surface area contributed by atoms with E-state index >= 15 is 0 Å². The maximum Gasteiger partial charge on any atom is 0.410 e. The van der Waals surface area contributed by atoms with E-state index in [2.05, 4.69) is 10.6 Å². The van der Waals surface area contributed by atoms with Crippen molar-refractivity contribution >= 4 is 29.2 Å². The Balaban J connectivity index is 1.45. The lowest BCUT2D eigenvalue weighted by Crippen LogP contribution is -2.39. The number of rotatable bonds is 5. The molecule has 2 aliphatic rings. The van der Waals surface area contributed by atoms with Crippen molar-refractivity contribution in [3.05, 3.63) is 21.9 Å². The number of thiophene rings is 1. The van der Waals surface area contributed by atoms with Gasteiger partial charge < -0.3 is 15.7 Å². The van der Waals surface area contributed by atoms with E-state index in [-0.39, 0.29) is 17.8 Å². The number of carbonyl (C=O) groups excluding carboxylic acids is 1. The van der Waals surface area contributed by atoms with E-state index in [1.165, 1.54) is 43.4 Å². The van der Waals surface area contributed by atoms with Crippen molar-refractivity contribution in [2.75, 3.05) is 6.54 Å². The van der Waals surface area contributed by atoms with Gasteiger partial charge in [0, 0.05) is 15.8 Å². The zero-order chi connectivity index (χ0) is 18.5. The Hall–Kier alpha value is -1.93. The van der Waals surface area contributed by atoms with E-state index in [1.54, 1.807) is 11.4 Å². The van der Waals surface area contributed by atoms with Crippen LogP contribution in [0.4, 0.5) is 4.79 Å². The Labute approximate surface area is 157 Å². The molecule has 5 N–H and O–H groups in total. The summed E-state index contributed by atoms with van der Waals surface area (Å²) in [7, 11) is 0. The number of nitrogens with one attached hydrogen (secondary N) is 4. The lowest BCUT2D eigenvalue weighted by atomic mass is 9.79. The second kappa shape index (κ2) is 8.64. The first kappa shape index (κ1) is 18.8. The molecule has 1 saturated heterocycles. The summed E-state index contributed by atoms with van der Waals surface area (Å²) < 4.78 is 0. The van der Waals surface area contributed by atoms with Crippen LogP contribution in [0, 0.1) is 17.2 Å². The largest absolute Gasteiger partial charge is 0.465 e. The standard InChI is InChI=1S/C18H26N4O3S/c19-16(22-18(24)25)13-6-14(26-10-13)9-21-17(23)15-7-12(8-20-15)11-4-2-1-3-5-11/h6,10-12,15,20H,1-5,7-9H2,(H2,19,22)(H,21,23)(H,24,25)/t12-,15-/m0/s1. The monoisotopic (exact) mass is 378 g/mol. The molecule has 0 radical (unpaired) electrons. The highest BCUT2D eigenvalue weighted by atomic mass is 32.1. The summed E-state index contributed by atoms with van der Waals surface area (Å²) in [4.78, 5) is 23.9. The van der Waals surface area contributed by atoms with Crippen LogP contribution >= 0.6 is 11.3 Å². The van der Waals surface area contributed by atoms with E-state index < -0.39 is 6.09 Å². The van der Waals surface area contributed by atoms with Gasteiger partial charge in [-0.3, -0.25) is 15.5 Å². The quantitative estimate of drug-likeness (QED) is 0.400. The zero-order valence-electron chi connectivity index (χ0n) is 14.7. The van der Waals surface area contributed by atoms with Crippen molar-refractivity contribution in [3.8, 4) is 0 Å². The first-order chi connectivity index (χ1) is 12.5. The van der Waals surface area contributed by atoms with Gasteiger partial charge in [0.25, 0.3) is 0 Å². The van der Waals surface area contributed by atoms with Gasteiger partial charge in [-0.05, 0) is 30.9 Å². The topological polar surface area (TPSA) is 114 Å². The molecule has 1 saturated carbocycles. The van der Waals surface area contributed by atoms with Gasteiger partial charge in [0.05, 0.1) is 12.6 Å². The highest BCUT2D eigenvalue weighted by Crippen LogP contribution is 2.34. The Bertz CT molecular complexity index is 669. The van der Waals surface area contributed by atoms with Gasteiger partial charge in [-0.1, -0.05) is 32.1 Å². The first-order valence-corrected chi connectivity index (χ1v) is 10.1. The molecule has 0 aromatic carbocycles. The number of carbonyl (C=O) groups is 2. The molecule has 3 rings (SSSR count). The van der Waals surface area contributed by atoms with Crippen molar-refractivity contribution in [3.63, 3.8) is 0 Å². The molecular weight excluding hydrogens is 352 g/mol. The van der Waals surface area contributed by atoms with Crippen molar-refractivity contribution < 1.29 is 14.7 Å². The van der Waals surface area contributed by atoms with E-state index in [4.69, 9.17) is 10.5 Å². The summed E-state index contributed by atoms with van der Waals surface area (Å²) in [5, 5.41) is 26.4. The fourth-order valence-electron chi connectivity index (χ4n) is 4.01. The zero-order valence-corrected chi connectivity index (χ0v) is 15.5. The van der Waals surface area contributed by atoms with Crippen LogP contribution in [-0.2, 0) is 11.3 Å². The van der Waals surface area contributed by atoms with Crippen LogP contribution in [0.25, 0.3) is 0 Å². The number of amidine groups is 1. The molecule has 142 valence electrons. The van der Waals surface area contributed by atoms with Crippen molar-refractivity contribution in [1.29, 1.82) is 5.41 Å². The molecule has 0 bridgehead atoms. The minimum atomic E-state index is -1.25. The van der Waals surface area contributed by atoms with Crippen LogP contribution in [0.1, 0.15) is 49.0 Å². The fraction of sp³-hybridized carbons (Fsp3) is 0.611. The minimum Gasteiger partial charge on any atom is -0.465 e. The molecule has 26 heavy (non-hydrogen) atoms. The van der Waals surface area contributed by atoms with Crippen molar-refractivity contribution in [2.24, 2.45) is 11.8 Å². The third-order valence-corrected chi connectivity index (χ3v) is 6.35. The van der Waals surface area contributed by atoms with Gasteiger partial charge in [-0.25, -0.2) is 4.79 Å². The Morgan fingerprint density at radius 2 is 2.04 bits per heavy atom. The molecule has 0 unspecified atom stereocenters. The number of carboxylic acid groups (broad SMARTS) is 1. The van der Waals surface area contributed by atoms with Gasteiger partial charge in [0.15, 0.2) is 0 Å². The van der Waals surface area contributed by atoms with E-state index in [0.29, 0.717) is 18.0 Å². The van der Waals surface area contributed by atoms with Crippen LogP contribution in [0.5, 0.6) is 0 Å². The minimum absolute atomic E-state index is 0.0250. The average Bonchev–Trinajstić information content (AvgIpc) is 3.29. The predicted molar refractivity (Wildman–Crippen MR) is 101 cm³/mol. The number of hydrogen-bond acceptors (Lipinski definition) is 5. The van der Waals surface area contributed by atoms with Gasteiger partial charge in [0.2, 0.25) is 5.91 Å². The first-order valence-electron chi connectivity index (χ1n) is 9.20.